The fourth-order valence-corrected chi connectivity index (χ4v) is 5.40. The molecule has 28 heavy (non-hydrogen) atoms. The van der Waals surface area contributed by atoms with Crippen molar-refractivity contribution in [2.24, 2.45) is 0 Å². The van der Waals surface area contributed by atoms with Crippen LogP contribution in [0.2, 0.25) is 5.28 Å². The smallest absolute Gasteiger partial charge is 0.340 e. The van der Waals surface area contributed by atoms with Crippen LogP contribution in [0.15, 0.2) is 6.33 Å². The van der Waals surface area contributed by atoms with Crippen molar-refractivity contribution in [3.05, 3.63) is 11.6 Å². The largest absolute Gasteiger partial charge is 0.387 e. The molecular weight excluding hydrogens is 444 g/mol. The summed E-state index contributed by atoms with van der Waals surface area (Å²) in [7, 11) is -9.46. The summed E-state index contributed by atoms with van der Waals surface area (Å²) in [5.41, 5.74) is 5.99. The maximum Gasteiger partial charge on any atom is 0.340 e. The predicted molar refractivity (Wildman–Crippen MR) is 93.4 cm³/mol. The van der Waals surface area contributed by atoms with Gasteiger partial charge in [-0.1, -0.05) is 0 Å². The number of imidazole rings is 1. The third-order valence-corrected chi connectivity index (χ3v) is 7.46. The van der Waals surface area contributed by atoms with E-state index < -0.39 is 52.2 Å². The number of hydrogen-bond acceptors (Lipinski definition) is 10. The van der Waals surface area contributed by atoms with Gasteiger partial charge in [-0.25, -0.2) is 4.98 Å². The highest BCUT2D eigenvalue weighted by atomic mass is 35.5. The first-order valence-electron chi connectivity index (χ1n) is 7.56. The minimum absolute atomic E-state index is 0.0136. The Morgan fingerprint density at radius 1 is 1.25 bits per heavy atom. The molecule has 7 N–H and O–H groups in total. The van der Waals surface area contributed by atoms with Gasteiger partial charge in [0.2, 0.25) is 5.28 Å². The SMILES string of the molecule is Nc1nc(Cl)nc2c1ncn2[C@@H]1O[C@H](COP(=O)(O)CP(=O)(O)O)[C@@H](O)[C@H]1O. The molecule has 5 atom stereocenters. The number of halogens is 1. The predicted octanol–water partition coefficient (Wildman–Crippen LogP) is -0.982. The van der Waals surface area contributed by atoms with Crippen LogP contribution >= 0.6 is 26.8 Å². The molecule has 0 amide bonds. The van der Waals surface area contributed by atoms with Gasteiger partial charge in [0, 0.05) is 0 Å². The van der Waals surface area contributed by atoms with Crippen LogP contribution in [0.4, 0.5) is 5.82 Å². The van der Waals surface area contributed by atoms with Crippen molar-refractivity contribution < 1.29 is 43.3 Å². The maximum atomic E-state index is 11.7. The molecule has 0 saturated carbocycles. The van der Waals surface area contributed by atoms with E-state index in [1.54, 1.807) is 0 Å². The number of nitrogen functional groups attached to an aromatic ring is 1. The van der Waals surface area contributed by atoms with E-state index in [2.05, 4.69) is 19.5 Å². The molecule has 14 nitrogen and oxygen atoms in total. The molecule has 1 aliphatic heterocycles. The zero-order valence-electron chi connectivity index (χ0n) is 13.8. The Morgan fingerprint density at radius 2 is 1.93 bits per heavy atom. The lowest BCUT2D eigenvalue weighted by molar-refractivity contribution is -0.0483. The highest BCUT2D eigenvalue weighted by Crippen LogP contribution is 2.55. The Morgan fingerprint density at radius 3 is 2.57 bits per heavy atom. The van der Waals surface area contributed by atoms with Crippen molar-refractivity contribution >= 4 is 43.8 Å². The van der Waals surface area contributed by atoms with Crippen molar-refractivity contribution in [3.8, 4) is 0 Å². The van der Waals surface area contributed by atoms with E-state index in [-0.39, 0.29) is 22.3 Å². The third kappa shape index (κ3) is 4.52. The zero-order chi connectivity index (χ0) is 20.9. The van der Waals surface area contributed by atoms with E-state index in [0.29, 0.717) is 0 Å². The monoisotopic (exact) mass is 459 g/mol. The molecule has 17 heteroatoms. The van der Waals surface area contributed by atoms with Crippen molar-refractivity contribution in [2.45, 2.75) is 24.5 Å². The number of hydrogen-bond donors (Lipinski definition) is 6. The quantitative estimate of drug-likeness (QED) is 0.226. The summed E-state index contributed by atoms with van der Waals surface area (Å²) in [6, 6.07) is 0. The summed E-state index contributed by atoms with van der Waals surface area (Å²) in [5, 5.41) is 20.2. The Hall–Kier alpha value is -1.18. The number of nitrogens with two attached hydrogens (primary N) is 1. The highest BCUT2D eigenvalue weighted by molar-refractivity contribution is 7.70. The van der Waals surface area contributed by atoms with Crippen LogP contribution < -0.4 is 5.73 Å². The van der Waals surface area contributed by atoms with Gasteiger partial charge in [0.25, 0.3) is 0 Å². The molecule has 0 spiro atoms. The van der Waals surface area contributed by atoms with Gasteiger partial charge >= 0.3 is 15.2 Å². The molecule has 1 aliphatic rings. The number of anilines is 1. The molecule has 3 heterocycles. The lowest BCUT2D eigenvalue weighted by Crippen LogP contribution is -2.33. The van der Waals surface area contributed by atoms with Crippen LogP contribution in [0.5, 0.6) is 0 Å². The number of aliphatic hydroxyl groups is 2. The fourth-order valence-electron chi connectivity index (χ4n) is 2.66. The van der Waals surface area contributed by atoms with Crippen LogP contribution in [-0.2, 0) is 18.4 Å². The van der Waals surface area contributed by atoms with Crippen LogP contribution in [0.1, 0.15) is 6.23 Å². The van der Waals surface area contributed by atoms with Gasteiger partial charge < -0.3 is 39.9 Å². The Labute approximate surface area is 161 Å². The normalized spacial score (nSPS) is 27.9. The second-order valence-corrected chi connectivity index (χ2v) is 10.3. The van der Waals surface area contributed by atoms with E-state index in [4.69, 9.17) is 31.9 Å². The lowest BCUT2D eigenvalue weighted by Gasteiger charge is -2.18. The van der Waals surface area contributed by atoms with Crippen LogP contribution in [-0.4, -0.2) is 75.2 Å². The molecular formula is C11H16ClN5O9P2. The molecule has 1 fully saturated rings. The molecule has 0 aromatic carbocycles. The zero-order valence-corrected chi connectivity index (χ0v) is 16.4. The number of aromatic nitrogens is 4. The average molecular weight is 460 g/mol. The van der Waals surface area contributed by atoms with Crippen LogP contribution in [0.25, 0.3) is 11.2 Å². The second-order valence-electron chi connectivity index (χ2n) is 5.99. The van der Waals surface area contributed by atoms with Crippen LogP contribution in [0, 0.1) is 0 Å². The molecule has 1 saturated heterocycles. The maximum absolute atomic E-state index is 11.7. The van der Waals surface area contributed by atoms with Gasteiger partial charge in [-0.15, -0.1) is 0 Å². The average Bonchev–Trinajstić information content (AvgIpc) is 3.06. The highest BCUT2D eigenvalue weighted by Gasteiger charge is 2.45. The molecule has 3 rings (SSSR count). The van der Waals surface area contributed by atoms with Crippen molar-refractivity contribution in [3.63, 3.8) is 0 Å². The van der Waals surface area contributed by atoms with E-state index >= 15 is 0 Å². The summed E-state index contributed by atoms with van der Waals surface area (Å²) >= 11 is 5.77. The molecule has 156 valence electrons. The number of nitrogens with zero attached hydrogens (tertiary/aromatic N) is 4. The molecule has 0 radical (unpaired) electrons. The third-order valence-electron chi connectivity index (χ3n) is 3.84. The lowest BCUT2D eigenvalue weighted by atomic mass is 10.1. The Bertz CT molecular complexity index is 983. The molecule has 0 bridgehead atoms. The fraction of sp³-hybridized carbons (Fsp3) is 0.545. The number of fused-ring (bicyclic) bond motifs is 1. The first-order valence-corrected chi connectivity index (χ1v) is 11.5. The first-order chi connectivity index (χ1) is 12.9. The summed E-state index contributed by atoms with van der Waals surface area (Å²) in [4.78, 5) is 38.8. The number of rotatable bonds is 6. The summed E-state index contributed by atoms with van der Waals surface area (Å²) in [6.07, 6.45) is -4.35. The number of ether oxygens (including phenoxy) is 1. The standard InChI is InChI=1S/C11H16ClN5O9P2/c12-11-15-8(13)5-9(16-11)17(2-14-5)10-7(19)6(18)4(26-10)1-25-28(23,24)3-27(20,21)22/h2,4,6-7,10,18-19H,1,3H2,(H,23,24)(H2,13,15,16)(H2,20,21,22)/t4-,6-,7-,10-/m1/s1. The van der Waals surface area contributed by atoms with Crippen molar-refractivity contribution in [2.75, 3.05) is 18.2 Å². The van der Waals surface area contributed by atoms with Gasteiger partial charge in [0.1, 0.15) is 23.8 Å². The first kappa shape index (κ1) is 21.5. The minimum Gasteiger partial charge on any atom is -0.387 e. The summed E-state index contributed by atoms with van der Waals surface area (Å²) < 4.78 is 33.9. The van der Waals surface area contributed by atoms with Gasteiger partial charge in [-0.2, -0.15) is 9.97 Å². The van der Waals surface area contributed by atoms with Gasteiger partial charge in [0.05, 0.1) is 12.9 Å². The van der Waals surface area contributed by atoms with Gasteiger partial charge in [-0.3, -0.25) is 13.7 Å². The van der Waals surface area contributed by atoms with E-state index in [0.717, 1.165) is 0 Å². The van der Waals surface area contributed by atoms with E-state index in [9.17, 15) is 24.2 Å². The van der Waals surface area contributed by atoms with Crippen LogP contribution in [0.3, 0.4) is 0 Å². The molecule has 2 aromatic rings. The summed E-state index contributed by atoms with van der Waals surface area (Å²) in [6.45, 7) is -0.715. The Kier molecular flexibility index (Phi) is 5.82. The second kappa shape index (κ2) is 7.58. The Balaban J connectivity index is 1.78. The van der Waals surface area contributed by atoms with Crippen molar-refractivity contribution in [1.29, 1.82) is 0 Å². The van der Waals surface area contributed by atoms with E-state index in [1.807, 2.05) is 0 Å². The van der Waals surface area contributed by atoms with E-state index in [1.165, 1.54) is 10.9 Å². The minimum atomic E-state index is -4.81. The number of aliphatic hydroxyl groups excluding tert-OH is 2. The topological polar surface area (TPSA) is 223 Å². The summed E-state index contributed by atoms with van der Waals surface area (Å²) in [5.74, 6) is -1.41. The van der Waals surface area contributed by atoms with Gasteiger partial charge in [-0.05, 0) is 11.6 Å². The molecule has 2 aromatic heterocycles. The molecule has 1 unspecified atom stereocenters. The molecule has 0 aliphatic carbocycles. The van der Waals surface area contributed by atoms with Crippen molar-refractivity contribution in [1.82, 2.24) is 19.5 Å². The van der Waals surface area contributed by atoms with Gasteiger partial charge in [0.15, 0.2) is 23.6 Å².